The van der Waals surface area contributed by atoms with E-state index in [1.165, 1.54) is 12.1 Å². The zero-order chi connectivity index (χ0) is 22.7. The van der Waals surface area contributed by atoms with Crippen LogP contribution in [-0.2, 0) is 13.5 Å². The summed E-state index contributed by atoms with van der Waals surface area (Å²) in [6.07, 6.45) is 8.23. The van der Waals surface area contributed by atoms with Crippen LogP contribution >= 0.6 is 0 Å². The first-order chi connectivity index (χ1) is 16.0. The van der Waals surface area contributed by atoms with Gasteiger partial charge in [-0.1, -0.05) is 0 Å². The molecule has 6 nitrogen and oxygen atoms in total. The van der Waals surface area contributed by atoms with Gasteiger partial charge >= 0.3 is 0 Å². The van der Waals surface area contributed by atoms with E-state index in [1.807, 2.05) is 11.0 Å². The number of fused-ring (bicyclic) bond motifs is 5. The Bertz CT molecular complexity index is 1390. The maximum Gasteiger partial charge on any atom is 0.255 e. The van der Waals surface area contributed by atoms with Crippen LogP contribution < -0.4 is 0 Å². The van der Waals surface area contributed by atoms with E-state index in [0.29, 0.717) is 28.8 Å². The van der Waals surface area contributed by atoms with Gasteiger partial charge in [0.25, 0.3) is 5.91 Å². The number of rotatable bonds is 2. The average molecular weight is 445 g/mol. The second kappa shape index (κ2) is 7.43. The number of carbonyl (C=O) groups is 1. The summed E-state index contributed by atoms with van der Waals surface area (Å²) in [5, 5.41) is 5.53. The van der Waals surface area contributed by atoms with Crippen LogP contribution in [0.5, 0.6) is 0 Å². The summed E-state index contributed by atoms with van der Waals surface area (Å²) >= 11 is 0. The van der Waals surface area contributed by atoms with Gasteiger partial charge in [0.2, 0.25) is 0 Å². The summed E-state index contributed by atoms with van der Waals surface area (Å²) in [4.78, 5) is 24.2. The fourth-order valence-corrected chi connectivity index (χ4v) is 5.52. The lowest BCUT2D eigenvalue weighted by Crippen LogP contribution is -2.49. The largest absolute Gasteiger partial charge is 0.327 e. The standard InChI is InChI=1S/C25H21F2N5O/c1-31-24(14-9-15(26)11-16(27)10-14)20-12-17-3-2-4-22(23(20)30-31)32(17)25(33)19-6-8-29-21-13-28-7-5-18(19)21/h5-11,13,17,22H,2-4,12H2,1H3/t17-,22+/m0/s1. The first kappa shape index (κ1) is 20.0. The molecule has 8 heteroatoms. The molecule has 0 spiro atoms. The lowest BCUT2D eigenvalue weighted by Gasteiger charge is -2.45. The third kappa shape index (κ3) is 3.12. The zero-order valence-corrected chi connectivity index (χ0v) is 18.0. The number of piperidine rings is 1. The number of nitrogens with zero attached hydrogens (tertiary/aromatic N) is 5. The molecule has 1 aromatic carbocycles. The van der Waals surface area contributed by atoms with Gasteiger partial charge in [-0.05, 0) is 49.9 Å². The number of aromatic nitrogens is 4. The second-order valence-corrected chi connectivity index (χ2v) is 8.76. The first-order valence-corrected chi connectivity index (χ1v) is 11.0. The van der Waals surface area contributed by atoms with Crippen molar-refractivity contribution in [2.24, 2.45) is 7.05 Å². The van der Waals surface area contributed by atoms with Crippen LogP contribution in [-0.4, -0.2) is 36.6 Å². The fourth-order valence-electron chi connectivity index (χ4n) is 5.52. The predicted molar refractivity (Wildman–Crippen MR) is 118 cm³/mol. The lowest BCUT2D eigenvalue weighted by atomic mass is 9.81. The van der Waals surface area contributed by atoms with Crippen molar-refractivity contribution in [2.45, 2.75) is 37.8 Å². The third-order valence-electron chi connectivity index (χ3n) is 6.82. The minimum atomic E-state index is -0.619. The van der Waals surface area contributed by atoms with E-state index in [9.17, 15) is 13.6 Å². The van der Waals surface area contributed by atoms with E-state index in [1.54, 1.807) is 36.4 Å². The van der Waals surface area contributed by atoms with Gasteiger partial charge in [0, 0.05) is 48.1 Å². The van der Waals surface area contributed by atoms with E-state index in [-0.39, 0.29) is 18.0 Å². The van der Waals surface area contributed by atoms with Crippen molar-refractivity contribution in [1.82, 2.24) is 24.6 Å². The quantitative estimate of drug-likeness (QED) is 0.452. The van der Waals surface area contributed by atoms with Crippen molar-refractivity contribution in [3.63, 3.8) is 0 Å². The molecule has 2 aliphatic rings. The Hall–Kier alpha value is -3.68. The number of pyridine rings is 2. The lowest BCUT2D eigenvalue weighted by molar-refractivity contribution is 0.0394. The van der Waals surface area contributed by atoms with Gasteiger partial charge in [0.1, 0.15) is 11.6 Å². The second-order valence-electron chi connectivity index (χ2n) is 8.76. The topological polar surface area (TPSA) is 63.9 Å². The van der Waals surface area contributed by atoms with Crippen molar-refractivity contribution in [3.05, 3.63) is 77.4 Å². The van der Waals surface area contributed by atoms with Crippen LogP contribution in [0.1, 0.15) is 46.9 Å². The monoisotopic (exact) mass is 445 g/mol. The van der Waals surface area contributed by atoms with Crippen molar-refractivity contribution in [2.75, 3.05) is 0 Å². The molecule has 5 heterocycles. The van der Waals surface area contributed by atoms with Crippen LogP contribution in [0.3, 0.4) is 0 Å². The summed E-state index contributed by atoms with van der Waals surface area (Å²) < 4.78 is 29.6. The molecule has 3 aromatic heterocycles. The predicted octanol–water partition coefficient (Wildman–Crippen LogP) is 4.60. The highest BCUT2D eigenvalue weighted by Crippen LogP contribution is 2.45. The Morgan fingerprint density at radius 1 is 1.09 bits per heavy atom. The molecule has 0 unspecified atom stereocenters. The molecule has 166 valence electrons. The van der Waals surface area contributed by atoms with E-state index >= 15 is 0 Å². The van der Waals surface area contributed by atoms with Gasteiger partial charge in [0.05, 0.1) is 34.7 Å². The van der Waals surface area contributed by atoms with Crippen molar-refractivity contribution < 1.29 is 13.6 Å². The van der Waals surface area contributed by atoms with Crippen LogP contribution in [0.15, 0.2) is 48.9 Å². The maximum absolute atomic E-state index is 14.0. The molecule has 2 bridgehead atoms. The molecular weight excluding hydrogens is 424 g/mol. The Labute approximate surface area is 188 Å². The third-order valence-corrected chi connectivity index (χ3v) is 6.82. The minimum absolute atomic E-state index is 0.00448. The van der Waals surface area contributed by atoms with Gasteiger partial charge in [-0.2, -0.15) is 5.10 Å². The van der Waals surface area contributed by atoms with Crippen LogP contribution in [0.2, 0.25) is 0 Å². The number of carbonyl (C=O) groups excluding carboxylic acids is 1. The van der Waals surface area contributed by atoms with Gasteiger partial charge in [-0.15, -0.1) is 0 Å². The molecule has 6 rings (SSSR count). The Morgan fingerprint density at radius 3 is 2.73 bits per heavy atom. The number of hydrogen-bond donors (Lipinski definition) is 0. The molecule has 0 radical (unpaired) electrons. The summed E-state index contributed by atoms with van der Waals surface area (Å²) in [5.41, 5.74) is 4.26. The molecule has 2 atom stereocenters. The van der Waals surface area contributed by atoms with Crippen LogP contribution in [0.25, 0.3) is 22.2 Å². The van der Waals surface area contributed by atoms with E-state index in [4.69, 9.17) is 5.10 Å². The normalized spacial score (nSPS) is 19.5. The first-order valence-electron chi connectivity index (χ1n) is 11.0. The number of halogens is 2. The molecule has 4 aromatic rings. The number of benzene rings is 1. The Kier molecular flexibility index (Phi) is 4.50. The molecule has 0 saturated carbocycles. The smallest absolute Gasteiger partial charge is 0.255 e. The summed E-state index contributed by atoms with van der Waals surface area (Å²) in [5.74, 6) is -1.28. The highest BCUT2D eigenvalue weighted by molar-refractivity contribution is 6.06. The maximum atomic E-state index is 14.0. The van der Waals surface area contributed by atoms with Gasteiger partial charge in [0.15, 0.2) is 0 Å². The molecule has 0 N–H and O–H groups in total. The SMILES string of the molecule is Cn1nc2c(c1-c1cc(F)cc(F)c1)C[C@@H]1CCC[C@H]2N1C(=O)c1ccnc2cnccc12. The van der Waals surface area contributed by atoms with E-state index in [0.717, 1.165) is 42.0 Å². The highest BCUT2D eigenvalue weighted by atomic mass is 19.1. The van der Waals surface area contributed by atoms with Crippen molar-refractivity contribution in [3.8, 4) is 11.3 Å². The fraction of sp³-hybridized carbons (Fsp3) is 0.280. The van der Waals surface area contributed by atoms with Gasteiger partial charge < -0.3 is 4.90 Å². The summed E-state index contributed by atoms with van der Waals surface area (Å²) in [6, 6.07) is 6.94. The minimum Gasteiger partial charge on any atom is -0.327 e. The number of hydrogen-bond acceptors (Lipinski definition) is 4. The van der Waals surface area contributed by atoms with E-state index in [2.05, 4.69) is 9.97 Å². The molecular formula is C25H21F2N5O. The molecule has 1 amide bonds. The molecule has 2 aliphatic heterocycles. The summed E-state index contributed by atoms with van der Waals surface area (Å²) in [6.45, 7) is 0. The highest BCUT2D eigenvalue weighted by Gasteiger charge is 2.43. The molecule has 1 fully saturated rings. The van der Waals surface area contributed by atoms with Crippen LogP contribution in [0.4, 0.5) is 8.78 Å². The average Bonchev–Trinajstić information content (AvgIpc) is 3.13. The molecule has 1 saturated heterocycles. The summed E-state index contributed by atoms with van der Waals surface area (Å²) in [7, 11) is 1.79. The number of amides is 1. The van der Waals surface area contributed by atoms with Crippen molar-refractivity contribution in [1.29, 1.82) is 0 Å². The molecule has 0 aliphatic carbocycles. The van der Waals surface area contributed by atoms with Gasteiger partial charge in [-0.3, -0.25) is 19.4 Å². The Morgan fingerprint density at radius 2 is 1.91 bits per heavy atom. The Balaban J connectivity index is 1.46. The van der Waals surface area contributed by atoms with Crippen molar-refractivity contribution >= 4 is 16.8 Å². The van der Waals surface area contributed by atoms with Crippen LogP contribution in [0, 0.1) is 11.6 Å². The molecule has 33 heavy (non-hydrogen) atoms. The van der Waals surface area contributed by atoms with Gasteiger partial charge in [-0.25, -0.2) is 8.78 Å². The number of aryl methyl sites for hydroxylation is 1. The van der Waals surface area contributed by atoms with E-state index < -0.39 is 11.6 Å². The zero-order valence-electron chi connectivity index (χ0n) is 18.0.